The van der Waals surface area contributed by atoms with E-state index in [1.54, 1.807) is 6.07 Å². The van der Waals surface area contributed by atoms with Crippen molar-refractivity contribution in [1.82, 2.24) is 9.97 Å². The normalized spacial score (nSPS) is 15.8. The number of nitrogens with zero attached hydrogens (tertiary/aromatic N) is 1. The number of hydrogen-bond acceptors (Lipinski definition) is 4. The first kappa shape index (κ1) is 14.6. The molecule has 1 saturated carbocycles. The van der Waals surface area contributed by atoms with Gasteiger partial charge in [0.1, 0.15) is 12.4 Å². The van der Waals surface area contributed by atoms with E-state index in [-0.39, 0.29) is 24.1 Å². The number of benzene rings is 1. The van der Waals surface area contributed by atoms with Crippen LogP contribution in [0.5, 0.6) is 0 Å². The molecule has 1 aliphatic carbocycles. The molecular formula is C16H18N2O4. The quantitative estimate of drug-likeness (QED) is 0.847. The van der Waals surface area contributed by atoms with Crippen LogP contribution in [-0.4, -0.2) is 27.0 Å². The van der Waals surface area contributed by atoms with Crippen molar-refractivity contribution in [3.05, 3.63) is 29.6 Å². The molecule has 2 N–H and O–H groups in total. The van der Waals surface area contributed by atoms with Crippen molar-refractivity contribution in [2.75, 3.05) is 0 Å². The van der Waals surface area contributed by atoms with E-state index in [1.165, 1.54) is 18.6 Å². The summed E-state index contributed by atoms with van der Waals surface area (Å²) in [6.45, 7) is 0.0897. The molecule has 3 rings (SSSR count). The number of carboxylic acid groups (broad SMARTS) is 1. The molecule has 116 valence electrons. The van der Waals surface area contributed by atoms with E-state index in [4.69, 9.17) is 9.84 Å². The van der Waals surface area contributed by atoms with Gasteiger partial charge in [0.05, 0.1) is 22.5 Å². The highest BCUT2D eigenvalue weighted by Gasteiger charge is 2.22. The van der Waals surface area contributed by atoms with E-state index >= 15 is 0 Å². The number of carboxylic acids is 1. The van der Waals surface area contributed by atoms with Gasteiger partial charge in [-0.1, -0.05) is 19.3 Å². The Hall–Kier alpha value is -2.37. The standard InChI is InChI=1S/C16H18N2O4/c19-15(20)11-6-7-12-13(8-11)18-14(17-12)9-22-16(21)10-4-2-1-3-5-10/h6-8,10H,1-5,9H2,(H,17,18)(H,19,20). The highest BCUT2D eigenvalue weighted by Crippen LogP contribution is 2.25. The number of fused-ring (bicyclic) bond motifs is 1. The fourth-order valence-electron chi connectivity index (χ4n) is 2.86. The van der Waals surface area contributed by atoms with E-state index in [9.17, 15) is 9.59 Å². The number of aromatic carboxylic acids is 1. The van der Waals surface area contributed by atoms with Crippen molar-refractivity contribution in [2.45, 2.75) is 38.7 Å². The summed E-state index contributed by atoms with van der Waals surface area (Å²) in [6, 6.07) is 4.67. The zero-order chi connectivity index (χ0) is 15.5. The molecule has 1 aromatic heterocycles. The van der Waals surface area contributed by atoms with Crippen LogP contribution in [0.2, 0.25) is 0 Å². The number of aromatic amines is 1. The lowest BCUT2D eigenvalue weighted by atomic mass is 9.89. The molecule has 2 aromatic rings. The average Bonchev–Trinajstić information content (AvgIpc) is 2.95. The van der Waals surface area contributed by atoms with Gasteiger partial charge in [-0.3, -0.25) is 4.79 Å². The molecule has 0 radical (unpaired) electrons. The molecule has 1 aliphatic rings. The van der Waals surface area contributed by atoms with Crippen LogP contribution < -0.4 is 0 Å². The lowest BCUT2D eigenvalue weighted by Crippen LogP contribution is -2.20. The predicted molar refractivity (Wildman–Crippen MR) is 79.4 cm³/mol. The summed E-state index contributed by atoms with van der Waals surface area (Å²) in [5.74, 6) is -0.605. The van der Waals surface area contributed by atoms with Crippen LogP contribution in [0.3, 0.4) is 0 Å². The lowest BCUT2D eigenvalue weighted by Gasteiger charge is -2.19. The van der Waals surface area contributed by atoms with Crippen molar-refractivity contribution in [3.63, 3.8) is 0 Å². The maximum atomic E-state index is 12.0. The van der Waals surface area contributed by atoms with Crippen LogP contribution in [0, 0.1) is 5.92 Å². The monoisotopic (exact) mass is 302 g/mol. The van der Waals surface area contributed by atoms with Crippen molar-refractivity contribution in [2.24, 2.45) is 5.92 Å². The Bertz CT molecular complexity index is 701. The number of nitrogens with one attached hydrogen (secondary N) is 1. The van der Waals surface area contributed by atoms with E-state index in [0.29, 0.717) is 16.9 Å². The molecule has 6 nitrogen and oxygen atoms in total. The van der Waals surface area contributed by atoms with Gasteiger partial charge in [-0.2, -0.15) is 0 Å². The van der Waals surface area contributed by atoms with Crippen molar-refractivity contribution in [3.8, 4) is 0 Å². The number of ether oxygens (including phenoxy) is 1. The van der Waals surface area contributed by atoms with Crippen LogP contribution >= 0.6 is 0 Å². The molecule has 22 heavy (non-hydrogen) atoms. The summed E-state index contributed by atoms with van der Waals surface area (Å²) in [7, 11) is 0. The minimum Gasteiger partial charge on any atom is -0.478 e. The van der Waals surface area contributed by atoms with E-state index in [2.05, 4.69) is 9.97 Å². The number of rotatable bonds is 4. The zero-order valence-corrected chi connectivity index (χ0v) is 12.2. The second-order valence-corrected chi connectivity index (χ2v) is 5.66. The number of hydrogen-bond donors (Lipinski definition) is 2. The van der Waals surface area contributed by atoms with Crippen molar-refractivity contribution < 1.29 is 19.4 Å². The molecule has 1 aromatic carbocycles. The third-order valence-corrected chi connectivity index (χ3v) is 4.07. The van der Waals surface area contributed by atoms with Gasteiger partial charge in [-0.15, -0.1) is 0 Å². The highest BCUT2D eigenvalue weighted by atomic mass is 16.5. The molecule has 6 heteroatoms. The molecule has 0 unspecified atom stereocenters. The van der Waals surface area contributed by atoms with Gasteiger partial charge in [0.15, 0.2) is 0 Å². The molecule has 0 saturated heterocycles. The Balaban J connectivity index is 1.66. The maximum Gasteiger partial charge on any atom is 0.335 e. The minimum atomic E-state index is -0.984. The van der Waals surface area contributed by atoms with Crippen LogP contribution in [0.15, 0.2) is 18.2 Å². The number of imidazole rings is 1. The van der Waals surface area contributed by atoms with Crippen LogP contribution in [0.1, 0.15) is 48.3 Å². The highest BCUT2D eigenvalue weighted by molar-refractivity contribution is 5.92. The summed E-state index contributed by atoms with van der Waals surface area (Å²) in [4.78, 5) is 30.2. The molecule has 0 spiro atoms. The van der Waals surface area contributed by atoms with E-state index in [1.807, 2.05) is 0 Å². The second-order valence-electron chi connectivity index (χ2n) is 5.66. The number of esters is 1. The molecule has 1 fully saturated rings. The second kappa shape index (κ2) is 6.17. The van der Waals surface area contributed by atoms with Gasteiger partial charge in [-0.05, 0) is 31.0 Å². The minimum absolute atomic E-state index is 0.0109. The smallest absolute Gasteiger partial charge is 0.335 e. The fraction of sp³-hybridized carbons (Fsp3) is 0.438. The lowest BCUT2D eigenvalue weighted by molar-refractivity contribution is -0.151. The summed E-state index contributed by atoms with van der Waals surface area (Å²) >= 11 is 0. The van der Waals surface area contributed by atoms with Gasteiger partial charge >= 0.3 is 11.9 Å². The van der Waals surface area contributed by atoms with Crippen LogP contribution in [0.4, 0.5) is 0 Å². The molecule has 0 bridgehead atoms. The first-order valence-electron chi connectivity index (χ1n) is 7.52. The summed E-state index contributed by atoms with van der Waals surface area (Å²) in [6.07, 6.45) is 5.17. The molecule has 1 heterocycles. The Kier molecular flexibility index (Phi) is 4.09. The topological polar surface area (TPSA) is 92.3 Å². The SMILES string of the molecule is O=C(O)c1ccc2nc(COC(=O)C3CCCCC3)[nH]c2c1. The molecule has 0 aliphatic heterocycles. The first-order valence-corrected chi connectivity index (χ1v) is 7.52. The summed E-state index contributed by atoms with van der Waals surface area (Å²) in [5, 5.41) is 8.97. The average molecular weight is 302 g/mol. The number of H-pyrrole nitrogens is 1. The Morgan fingerprint density at radius 1 is 1.27 bits per heavy atom. The molecule has 0 amide bonds. The summed E-state index contributed by atoms with van der Waals surface area (Å²) in [5.41, 5.74) is 1.49. The van der Waals surface area contributed by atoms with Gasteiger partial charge in [0.25, 0.3) is 0 Å². The number of aromatic nitrogens is 2. The maximum absolute atomic E-state index is 12.0. The fourth-order valence-corrected chi connectivity index (χ4v) is 2.86. The van der Waals surface area contributed by atoms with E-state index < -0.39 is 5.97 Å². The van der Waals surface area contributed by atoms with Crippen molar-refractivity contribution >= 4 is 23.0 Å². The largest absolute Gasteiger partial charge is 0.478 e. The molecular weight excluding hydrogens is 284 g/mol. The Labute approximate surface area is 127 Å². The first-order chi connectivity index (χ1) is 10.6. The van der Waals surface area contributed by atoms with Crippen LogP contribution in [0.25, 0.3) is 11.0 Å². The number of carbonyl (C=O) groups excluding carboxylic acids is 1. The zero-order valence-electron chi connectivity index (χ0n) is 12.2. The molecule has 0 atom stereocenters. The third-order valence-electron chi connectivity index (χ3n) is 4.07. The van der Waals surface area contributed by atoms with Gasteiger partial charge < -0.3 is 14.8 Å². The predicted octanol–water partition coefficient (Wildman–Crippen LogP) is 2.88. The number of carbonyl (C=O) groups is 2. The Morgan fingerprint density at radius 3 is 2.77 bits per heavy atom. The van der Waals surface area contributed by atoms with E-state index in [0.717, 1.165) is 25.7 Å². The van der Waals surface area contributed by atoms with Crippen molar-refractivity contribution in [1.29, 1.82) is 0 Å². The van der Waals surface area contributed by atoms with Gasteiger partial charge in [0.2, 0.25) is 0 Å². The van der Waals surface area contributed by atoms with Gasteiger partial charge in [-0.25, -0.2) is 9.78 Å². The summed E-state index contributed by atoms with van der Waals surface area (Å²) < 4.78 is 5.33. The van der Waals surface area contributed by atoms with Crippen LogP contribution in [-0.2, 0) is 16.1 Å². The third kappa shape index (κ3) is 3.10. The Morgan fingerprint density at radius 2 is 2.05 bits per heavy atom. The van der Waals surface area contributed by atoms with Gasteiger partial charge in [0, 0.05) is 0 Å².